The summed E-state index contributed by atoms with van der Waals surface area (Å²) in [4.78, 5) is 12.2. The Morgan fingerprint density at radius 3 is 2.55 bits per heavy atom. The van der Waals surface area contributed by atoms with Crippen LogP contribution in [0.2, 0.25) is 0 Å². The number of benzene rings is 2. The van der Waals surface area contributed by atoms with Crippen molar-refractivity contribution < 1.29 is 4.79 Å². The van der Waals surface area contributed by atoms with Crippen LogP contribution in [-0.2, 0) is 17.6 Å². The van der Waals surface area contributed by atoms with E-state index in [2.05, 4.69) is 43.4 Å². The number of rotatable bonds is 4. The number of carbonyl (C=O) groups is 1. The van der Waals surface area contributed by atoms with Crippen LogP contribution in [0.4, 0.5) is 5.69 Å². The Kier molecular flexibility index (Phi) is 5.09. The highest BCUT2D eigenvalue weighted by Gasteiger charge is 2.19. The zero-order valence-electron chi connectivity index (χ0n) is 13.1. The van der Waals surface area contributed by atoms with Gasteiger partial charge in [0.15, 0.2) is 0 Å². The van der Waals surface area contributed by atoms with Crippen molar-refractivity contribution in [3.05, 3.63) is 41.5 Å². The van der Waals surface area contributed by atoms with E-state index in [1.165, 1.54) is 16.5 Å². The molecule has 0 radical (unpaired) electrons. The van der Waals surface area contributed by atoms with Gasteiger partial charge in [-0.2, -0.15) is 0 Å². The Morgan fingerprint density at radius 2 is 1.86 bits per heavy atom. The molecule has 0 heterocycles. The summed E-state index contributed by atoms with van der Waals surface area (Å²) in [5.41, 5.74) is 9.61. The van der Waals surface area contributed by atoms with E-state index in [9.17, 15) is 4.79 Å². The molecule has 0 fully saturated rings. The third kappa shape index (κ3) is 3.11. The first-order valence-electron chi connectivity index (χ1n) is 7.66. The first-order valence-corrected chi connectivity index (χ1v) is 7.66. The normalized spacial score (nSPS) is 14.0. The van der Waals surface area contributed by atoms with E-state index >= 15 is 0 Å². The molecule has 2 aromatic rings. The Balaban J connectivity index is 0.00000176. The molecule has 0 bridgehead atoms. The van der Waals surface area contributed by atoms with Crippen molar-refractivity contribution in [2.45, 2.75) is 39.2 Å². The van der Waals surface area contributed by atoms with Gasteiger partial charge in [0.1, 0.15) is 0 Å². The molecule has 1 aliphatic rings. The van der Waals surface area contributed by atoms with E-state index in [-0.39, 0.29) is 18.3 Å². The van der Waals surface area contributed by atoms with Crippen molar-refractivity contribution in [3.63, 3.8) is 0 Å². The summed E-state index contributed by atoms with van der Waals surface area (Å²) in [6, 6.07) is 10.0. The molecule has 1 amide bonds. The minimum Gasteiger partial charge on any atom is -0.324 e. The van der Waals surface area contributed by atoms with Gasteiger partial charge in [-0.3, -0.25) is 4.79 Å². The van der Waals surface area contributed by atoms with Gasteiger partial charge in [0.25, 0.3) is 0 Å². The second kappa shape index (κ2) is 6.67. The van der Waals surface area contributed by atoms with E-state index in [1.54, 1.807) is 0 Å². The standard InChI is InChI=1S/C18H22N2O.ClH/c1-11(2)10-15(19)18(21)20-16-9-8-13-7-6-12-4-3-5-14(16)17(12)13;/h3-5,8-9,11,15H,6-7,10,19H2,1-2H3,(H,20,21);1H/t15-;/m0./s1. The molecule has 118 valence electrons. The number of aryl methyl sites for hydroxylation is 2. The van der Waals surface area contributed by atoms with Crippen LogP contribution >= 0.6 is 12.4 Å². The summed E-state index contributed by atoms with van der Waals surface area (Å²) >= 11 is 0. The van der Waals surface area contributed by atoms with Gasteiger partial charge in [-0.1, -0.05) is 38.1 Å². The SMILES string of the molecule is CC(C)C[C@H](N)C(=O)Nc1ccc2c3c(cccc13)CC2.Cl. The molecule has 22 heavy (non-hydrogen) atoms. The molecule has 0 spiro atoms. The molecule has 2 aromatic carbocycles. The lowest BCUT2D eigenvalue weighted by molar-refractivity contribution is -0.117. The maximum atomic E-state index is 12.2. The van der Waals surface area contributed by atoms with Gasteiger partial charge in [0, 0.05) is 11.1 Å². The largest absolute Gasteiger partial charge is 0.324 e. The van der Waals surface area contributed by atoms with Gasteiger partial charge in [0.2, 0.25) is 5.91 Å². The fraction of sp³-hybridized carbons (Fsp3) is 0.389. The summed E-state index contributed by atoms with van der Waals surface area (Å²) < 4.78 is 0. The summed E-state index contributed by atoms with van der Waals surface area (Å²) in [6.45, 7) is 4.15. The number of halogens is 1. The Bertz CT molecular complexity index is 687. The number of hydrogen-bond donors (Lipinski definition) is 2. The van der Waals surface area contributed by atoms with Crippen molar-refractivity contribution >= 4 is 34.8 Å². The van der Waals surface area contributed by atoms with Gasteiger partial charge in [-0.25, -0.2) is 0 Å². The molecule has 0 saturated carbocycles. The lowest BCUT2D eigenvalue weighted by Gasteiger charge is -2.16. The van der Waals surface area contributed by atoms with E-state index in [1.807, 2.05) is 6.07 Å². The third-order valence-electron chi connectivity index (χ3n) is 4.20. The van der Waals surface area contributed by atoms with Gasteiger partial charge in [-0.05, 0) is 47.8 Å². The van der Waals surface area contributed by atoms with Crippen molar-refractivity contribution in [1.29, 1.82) is 0 Å². The van der Waals surface area contributed by atoms with E-state index < -0.39 is 6.04 Å². The Hall–Kier alpha value is -1.58. The van der Waals surface area contributed by atoms with Crippen LogP contribution < -0.4 is 11.1 Å². The highest BCUT2D eigenvalue weighted by Crippen LogP contribution is 2.35. The topological polar surface area (TPSA) is 55.1 Å². The quantitative estimate of drug-likeness (QED) is 0.903. The van der Waals surface area contributed by atoms with Crippen molar-refractivity contribution in [3.8, 4) is 0 Å². The van der Waals surface area contributed by atoms with Crippen molar-refractivity contribution in [2.24, 2.45) is 11.7 Å². The minimum atomic E-state index is -0.451. The molecule has 0 aliphatic heterocycles. The minimum absolute atomic E-state index is 0. The number of hydrogen-bond acceptors (Lipinski definition) is 2. The molecule has 1 atom stereocenters. The molecule has 3 N–H and O–H groups in total. The lowest BCUT2D eigenvalue weighted by Crippen LogP contribution is -2.36. The molecule has 0 aromatic heterocycles. The van der Waals surface area contributed by atoms with Crippen LogP contribution in [0.3, 0.4) is 0 Å². The van der Waals surface area contributed by atoms with Crippen molar-refractivity contribution in [1.82, 2.24) is 0 Å². The maximum Gasteiger partial charge on any atom is 0.241 e. The highest BCUT2D eigenvalue weighted by molar-refractivity contribution is 6.06. The van der Waals surface area contributed by atoms with E-state index in [4.69, 9.17) is 5.73 Å². The summed E-state index contributed by atoms with van der Waals surface area (Å²) in [5.74, 6) is 0.320. The van der Waals surface area contributed by atoms with Crippen LogP contribution in [0, 0.1) is 5.92 Å². The molecule has 3 rings (SSSR count). The first kappa shape index (κ1) is 16.8. The molecule has 1 aliphatic carbocycles. The average molecular weight is 319 g/mol. The number of nitrogens with two attached hydrogens (primary N) is 1. The zero-order valence-corrected chi connectivity index (χ0v) is 13.9. The number of anilines is 1. The fourth-order valence-corrected chi connectivity index (χ4v) is 3.20. The summed E-state index contributed by atoms with van der Waals surface area (Å²) in [6.07, 6.45) is 2.89. The predicted octanol–water partition coefficient (Wildman–Crippen LogP) is 3.67. The van der Waals surface area contributed by atoms with Crippen LogP contribution in [-0.4, -0.2) is 11.9 Å². The van der Waals surface area contributed by atoms with Crippen LogP contribution in [0.25, 0.3) is 10.8 Å². The molecular weight excluding hydrogens is 296 g/mol. The van der Waals surface area contributed by atoms with Gasteiger partial charge >= 0.3 is 0 Å². The monoisotopic (exact) mass is 318 g/mol. The smallest absolute Gasteiger partial charge is 0.241 e. The fourth-order valence-electron chi connectivity index (χ4n) is 3.20. The van der Waals surface area contributed by atoms with E-state index in [0.29, 0.717) is 12.3 Å². The second-order valence-corrected chi connectivity index (χ2v) is 6.34. The Labute approximate surface area is 137 Å². The molecule has 3 nitrogen and oxygen atoms in total. The maximum absolute atomic E-state index is 12.2. The van der Waals surface area contributed by atoms with Gasteiger partial charge < -0.3 is 11.1 Å². The van der Waals surface area contributed by atoms with Crippen LogP contribution in [0.1, 0.15) is 31.4 Å². The van der Waals surface area contributed by atoms with Crippen LogP contribution in [0.15, 0.2) is 30.3 Å². The average Bonchev–Trinajstić information content (AvgIpc) is 2.86. The van der Waals surface area contributed by atoms with Gasteiger partial charge in [-0.15, -0.1) is 12.4 Å². The highest BCUT2D eigenvalue weighted by atomic mass is 35.5. The third-order valence-corrected chi connectivity index (χ3v) is 4.20. The van der Waals surface area contributed by atoms with Gasteiger partial charge in [0.05, 0.1) is 6.04 Å². The summed E-state index contributed by atoms with van der Waals surface area (Å²) in [7, 11) is 0. The molecular formula is C18H23ClN2O. The molecule has 0 saturated heterocycles. The van der Waals surface area contributed by atoms with Crippen molar-refractivity contribution in [2.75, 3.05) is 5.32 Å². The molecule has 4 heteroatoms. The Morgan fingerprint density at radius 1 is 1.18 bits per heavy atom. The number of carbonyl (C=O) groups excluding carboxylic acids is 1. The lowest BCUT2D eigenvalue weighted by atomic mass is 10.0. The summed E-state index contributed by atoms with van der Waals surface area (Å²) in [5, 5.41) is 5.45. The zero-order chi connectivity index (χ0) is 15.0. The predicted molar refractivity (Wildman–Crippen MR) is 94.7 cm³/mol. The second-order valence-electron chi connectivity index (χ2n) is 6.34. The van der Waals surface area contributed by atoms with E-state index in [0.717, 1.165) is 23.9 Å². The van der Waals surface area contributed by atoms with Crippen LogP contribution in [0.5, 0.6) is 0 Å². The first-order chi connectivity index (χ1) is 10.1. The number of nitrogens with one attached hydrogen (secondary N) is 1. The molecule has 0 unspecified atom stereocenters. The number of amides is 1.